The van der Waals surface area contributed by atoms with E-state index >= 15 is 0 Å². The van der Waals surface area contributed by atoms with Gasteiger partial charge in [0.2, 0.25) is 0 Å². The fraction of sp³-hybridized carbons (Fsp3) is 0.611. The summed E-state index contributed by atoms with van der Waals surface area (Å²) in [5.74, 6) is 0.0693. The van der Waals surface area contributed by atoms with Crippen LogP contribution in [-0.2, 0) is 4.74 Å². The molecule has 0 aliphatic carbocycles. The standard InChI is InChI=1S/C18H23F2N3O3.2ClH/c19-17(20)26-14-1-2-15-16(11-14)23(18(24)21-15)13-3-7-22(8-4-13)12-5-9-25-10-6-12;;/h1-2,11-13,17H,3-10H2,(H,21,24);2*1H. The van der Waals surface area contributed by atoms with E-state index in [1.54, 1.807) is 10.6 Å². The van der Waals surface area contributed by atoms with Crippen molar-refractivity contribution in [2.45, 2.75) is 44.4 Å². The van der Waals surface area contributed by atoms with Crippen molar-refractivity contribution in [2.75, 3.05) is 26.3 Å². The van der Waals surface area contributed by atoms with Crippen LogP contribution < -0.4 is 10.4 Å². The van der Waals surface area contributed by atoms with E-state index < -0.39 is 6.61 Å². The molecule has 0 amide bonds. The smallest absolute Gasteiger partial charge is 0.387 e. The van der Waals surface area contributed by atoms with Crippen molar-refractivity contribution in [2.24, 2.45) is 0 Å². The summed E-state index contributed by atoms with van der Waals surface area (Å²) < 4.78 is 36.6. The summed E-state index contributed by atoms with van der Waals surface area (Å²) in [6.07, 6.45) is 3.85. The van der Waals surface area contributed by atoms with Crippen molar-refractivity contribution in [3.63, 3.8) is 0 Å². The number of fused-ring (bicyclic) bond motifs is 1. The van der Waals surface area contributed by atoms with Gasteiger partial charge in [-0.05, 0) is 37.8 Å². The summed E-state index contributed by atoms with van der Waals surface area (Å²) in [5, 5.41) is 0. The summed E-state index contributed by atoms with van der Waals surface area (Å²) in [6.45, 7) is 0.622. The summed E-state index contributed by atoms with van der Waals surface area (Å²) in [5.41, 5.74) is 1.07. The molecule has 1 aromatic heterocycles. The van der Waals surface area contributed by atoms with E-state index in [-0.39, 0.29) is 42.3 Å². The molecule has 0 atom stereocenters. The van der Waals surface area contributed by atoms with Gasteiger partial charge in [-0.15, -0.1) is 24.8 Å². The number of hydrogen-bond donors (Lipinski definition) is 1. The normalized spacial score (nSPS) is 19.4. The number of halogens is 4. The fourth-order valence-corrected chi connectivity index (χ4v) is 4.20. The Labute approximate surface area is 174 Å². The Morgan fingerprint density at radius 2 is 1.75 bits per heavy atom. The third kappa shape index (κ3) is 4.79. The highest BCUT2D eigenvalue weighted by Crippen LogP contribution is 2.29. The van der Waals surface area contributed by atoms with E-state index in [2.05, 4.69) is 14.6 Å². The van der Waals surface area contributed by atoms with Crippen LogP contribution >= 0.6 is 24.8 Å². The van der Waals surface area contributed by atoms with Gasteiger partial charge in [0.25, 0.3) is 0 Å². The third-order valence-corrected chi connectivity index (χ3v) is 5.49. The number of alkyl halides is 2. The number of aromatic amines is 1. The molecule has 2 saturated heterocycles. The van der Waals surface area contributed by atoms with Gasteiger partial charge >= 0.3 is 12.3 Å². The molecule has 28 heavy (non-hydrogen) atoms. The number of benzene rings is 1. The quantitative estimate of drug-likeness (QED) is 0.790. The number of ether oxygens (including phenoxy) is 2. The Morgan fingerprint density at radius 1 is 1.07 bits per heavy atom. The summed E-state index contributed by atoms with van der Waals surface area (Å²) >= 11 is 0. The van der Waals surface area contributed by atoms with Gasteiger partial charge in [0, 0.05) is 44.5 Å². The lowest BCUT2D eigenvalue weighted by atomic mass is 9.99. The van der Waals surface area contributed by atoms with Crippen LogP contribution in [0.15, 0.2) is 23.0 Å². The Balaban J connectivity index is 0.00000140. The molecular weight excluding hydrogens is 415 g/mol. The molecule has 3 heterocycles. The molecular formula is C18H25Cl2F2N3O3. The Morgan fingerprint density at radius 3 is 2.39 bits per heavy atom. The highest BCUT2D eigenvalue weighted by Gasteiger charge is 2.28. The molecule has 2 aromatic rings. The highest BCUT2D eigenvalue weighted by atomic mass is 35.5. The summed E-state index contributed by atoms with van der Waals surface area (Å²) in [4.78, 5) is 17.7. The van der Waals surface area contributed by atoms with Gasteiger partial charge in [0.15, 0.2) is 0 Å². The van der Waals surface area contributed by atoms with E-state index in [4.69, 9.17) is 4.74 Å². The zero-order chi connectivity index (χ0) is 18.1. The Kier molecular flexibility index (Phi) is 8.12. The second-order valence-electron chi connectivity index (χ2n) is 6.97. The lowest BCUT2D eigenvalue weighted by Crippen LogP contribution is -2.45. The minimum absolute atomic E-state index is 0. The minimum Gasteiger partial charge on any atom is -0.435 e. The summed E-state index contributed by atoms with van der Waals surface area (Å²) in [7, 11) is 0. The van der Waals surface area contributed by atoms with Crippen molar-refractivity contribution >= 4 is 35.8 Å². The number of nitrogens with one attached hydrogen (secondary N) is 1. The zero-order valence-corrected chi connectivity index (χ0v) is 16.9. The third-order valence-electron chi connectivity index (χ3n) is 5.49. The van der Waals surface area contributed by atoms with E-state index in [1.165, 1.54) is 12.1 Å². The van der Waals surface area contributed by atoms with Crippen LogP contribution in [-0.4, -0.2) is 53.4 Å². The molecule has 2 fully saturated rings. The van der Waals surface area contributed by atoms with Gasteiger partial charge in [0.1, 0.15) is 5.75 Å². The predicted octanol–water partition coefficient (Wildman–Crippen LogP) is 3.59. The van der Waals surface area contributed by atoms with Gasteiger partial charge in [0.05, 0.1) is 11.0 Å². The van der Waals surface area contributed by atoms with Gasteiger partial charge < -0.3 is 19.4 Å². The van der Waals surface area contributed by atoms with Crippen molar-refractivity contribution in [1.82, 2.24) is 14.5 Å². The first-order valence-electron chi connectivity index (χ1n) is 9.12. The maximum atomic E-state index is 12.5. The summed E-state index contributed by atoms with van der Waals surface area (Å²) in [6, 6.07) is 5.21. The predicted molar refractivity (Wildman–Crippen MR) is 107 cm³/mol. The number of aromatic nitrogens is 2. The minimum atomic E-state index is -2.88. The first-order chi connectivity index (χ1) is 12.6. The molecule has 0 radical (unpaired) electrons. The van der Waals surface area contributed by atoms with E-state index in [9.17, 15) is 13.6 Å². The molecule has 0 bridgehead atoms. The maximum Gasteiger partial charge on any atom is 0.387 e. The SMILES string of the molecule is Cl.Cl.O=c1[nH]c2ccc(OC(F)F)cc2n1C1CCN(C2CCOCC2)CC1. The van der Waals surface area contributed by atoms with Gasteiger partial charge in [-0.1, -0.05) is 0 Å². The van der Waals surface area contributed by atoms with E-state index in [0.717, 1.165) is 52.0 Å². The number of likely N-dealkylation sites (tertiary alicyclic amines) is 1. The molecule has 10 heteroatoms. The van der Waals surface area contributed by atoms with Crippen LogP contribution in [0.25, 0.3) is 11.0 Å². The molecule has 2 aliphatic rings. The lowest BCUT2D eigenvalue weighted by molar-refractivity contribution is -0.0497. The Bertz CT molecular complexity index is 816. The number of imidazole rings is 1. The monoisotopic (exact) mass is 439 g/mol. The molecule has 2 aliphatic heterocycles. The average Bonchev–Trinajstić information content (AvgIpc) is 2.97. The molecule has 0 spiro atoms. The van der Waals surface area contributed by atoms with Gasteiger partial charge in [-0.25, -0.2) is 4.79 Å². The van der Waals surface area contributed by atoms with Crippen molar-refractivity contribution < 1.29 is 18.3 Å². The van der Waals surface area contributed by atoms with Crippen molar-refractivity contribution in [3.8, 4) is 5.75 Å². The van der Waals surface area contributed by atoms with Crippen LogP contribution in [0, 0.1) is 0 Å². The zero-order valence-electron chi connectivity index (χ0n) is 15.3. The molecule has 4 rings (SSSR count). The van der Waals surface area contributed by atoms with E-state index in [1.807, 2.05) is 0 Å². The first-order valence-corrected chi connectivity index (χ1v) is 9.12. The molecule has 0 unspecified atom stereocenters. The van der Waals surface area contributed by atoms with Gasteiger partial charge in [-0.3, -0.25) is 4.57 Å². The van der Waals surface area contributed by atoms with Crippen LogP contribution in [0.2, 0.25) is 0 Å². The second kappa shape index (κ2) is 9.91. The Hall–Kier alpha value is -1.35. The topological polar surface area (TPSA) is 59.5 Å². The van der Waals surface area contributed by atoms with Crippen LogP contribution in [0.3, 0.4) is 0 Å². The van der Waals surface area contributed by atoms with Crippen molar-refractivity contribution in [1.29, 1.82) is 0 Å². The van der Waals surface area contributed by atoms with Crippen molar-refractivity contribution in [3.05, 3.63) is 28.7 Å². The number of hydrogen-bond acceptors (Lipinski definition) is 4. The van der Waals surface area contributed by atoms with Crippen LogP contribution in [0.1, 0.15) is 31.7 Å². The molecule has 158 valence electrons. The first kappa shape index (κ1) is 22.9. The van der Waals surface area contributed by atoms with Gasteiger partial charge in [-0.2, -0.15) is 8.78 Å². The maximum absolute atomic E-state index is 12.5. The lowest BCUT2D eigenvalue weighted by Gasteiger charge is -2.39. The molecule has 1 aromatic carbocycles. The molecule has 0 saturated carbocycles. The number of H-pyrrole nitrogens is 1. The van der Waals surface area contributed by atoms with Crippen LogP contribution in [0.4, 0.5) is 8.78 Å². The second-order valence-corrected chi connectivity index (χ2v) is 6.97. The van der Waals surface area contributed by atoms with Crippen LogP contribution in [0.5, 0.6) is 5.75 Å². The van der Waals surface area contributed by atoms with E-state index in [0.29, 0.717) is 17.1 Å². The number of nitrogens with zero attached hydrogens (tertiary/aromatic N) is 2. The number of piperidine rings is 1. The fourth-order valence-electron chi connectivity index (χ4n) is 4.20. The number of rotatable bonds is 4. The highest BCUT2D eigenvalue weighted by molar-refractivity contribution is 5.85. The average molecular weight is 440 g/mol. The largest absolute Gasteiger partial charge is 0.435 e. The molecule has 1 N–H and O–H groups in total. The molecule has 6 nitrogen and oxygen atoms in total.